The predicted octanol–water partition coefficient (Wildman–Crippen LogP) is 3.90. The van der Waals surface area contributed by atoms with Crippen LogP contribution in [-0.2, 0) is 7.05 Å². The standard InChI is InChI=1S/C20H14N2O3/c1-22-17-9-5-4-8-14(17)15-10-16(20(24)25)21-18(19(15)22)13-7-3-2-6-12(13)11-23/h2-11H,1H3,(H,24,25). The number of aryl methyl sites for hydroxylation is 1. The lowest BCUT2D eigenvalue weighted by molar-refractivity contribution is 0.0690. The second-order valence-electron chi connectivity index (χ2n) is 5.84. The first kappa shape index (κ1) is 15.1. The summed E-state index contributed by atoms with van der Waals surface area (Å²) in [6.45, 7) is 0. The number of carboxylic acids is 1. The van der Waals surface area contributed by atoms with Gasteiger partial charge in [0.05, 0.1) is 11.2 Å². The van der Waals surface area contributed by atoms with Gasteiger partial charge in [-0.15, -0.1) is 0 Å². The molecule has 5 heteroatoms. The number of carbonyl (C=O) groups is 2. The van der Waals surface area contributed by atoms with E-state index in [4.69, 9.17) is 0 Å². The highest BCUT2D eigenvalue weighted by Gasteiger charge is 2.19. The molecule has 0 saturated heterocycles. The van der Waals surface area contributed by atoms with Gasteiger partial charge in [0.25, 0.3) is 0 Å². The van der Waals surface area contributed by atoms with Crippen LogP contribution in [0.3, 0.4) is 0 Å². The molecule has 0 spiro atoms. The third-order valence-electron chi connectivity index (χ3n) is 4.45. The molecule has 0 bridgehead atoms. The fraction of sp³-hybridized carbons (Fsp3) is 0.0500. The molecule has 4 aromatic rings. The van der Waals surface area contributed by atoms with Crippen LogP contribution in [0.5, 0.6) is 0 Å². The highest BCUT2D eigenvalue weighted by Crippen LogP contribution is 2.35. The van der Waals surface area contributed by atoms with Gasteiger partial charge in [0, 0.05) is 34.5 Å². The molecule has 25 heavy (non-hydrogen) atoms. The van der Waals surface area contributed by atoms with Crippen molar-refractivity contribution in [2.75, 3.05) is 0 Å². The maximum atomic E-state index is 11.6. The van der Waals surface area contributed by atoms with Crippen LogP contribution in [0.25, 0.3) is 33.1 Å². The summed E-state index contributed by atoms with van der Waals surface area (Å²) >= 11 is 0. The number of pyridine rings is 1. The van der Waals surface area contributed by atoms with Crippen LogP contribution in [0.15, 0.2) is 54.6 Å². The van der Waals surface area contributed by atoms with Gasteiger partial charge in [-0.1, -0.05) is 42.5 Å². The lowest BCUT2D eigenvalue weighted by atomic mass is 10.0. The number of nitrogens with zero attached hydrogens (tertiary/aromatic N) is 2. The van der Waals surface area contributed by atoms with Gasteiger partial charge in [-0.2, -0.15) is 0 Å². The summed E-state index contributed by atoms with van der Waals surface area (Å²) in [4.78, 5) is 27.4. The first-order valence-corrected chi connectivity index (χ1v) is 7.78. The first-order chi connectivity index (χ1) is 12.1. The van der Waals surface area contributed by atoms with Crippen molar-refractivity contribution in [3.05, 3.63) is 65.9 Å². The molecule has 2 heterocycles. The smallest absolute Gasteiger partial charge is 0.354 e. The van der Waals surface area contributed by atoms with Crippen molar-refractivity contribution in [2.45, 2.75) is 0 Å². The van der Waals surface area contributed by atoms with Crippen LogP contribution in [0, 0.1) is 0 Å². The van der Waals surface area contributed by atoms with E-state index in [-0.39, 0.29) is 5.69 Å². The summed E-state index contributed by atoms with van der Waals surface area (Å²) in [5, 5.41) is 11.2. The summed E-state index contributed by atoms with van der Waals surface area (Å²) in [7, 11) is 1.92. The molecule has 1 N–H and O–H groups in total. The van der Waals surface area contributed by atoms with Gasteiger partial charge in [-0.3, -0.25) is 4.79 Å². The molecule has 0 fully saturated rings. The van der Waals surface area contributed by atoms with Crippen LogP contribution in [0.2, 0.25) is 0 Å². The van der Waals surface area contributed by atoms with E-state index in [9.17, 15) is 14.7 Å². The fourth-order valence-corrected chi connectivity index (χ4v) is 3.31. The molecule has 0 amide bonds. The lowest BCUT2D eigenvalue weighted by Crippen LogP contribution is -2.04. The Morgan fingerprint density at radius 1 is 1.08 bits per heavy atom. The minimum atomic E-state index is -1.10. The molecule has 0 unspecified atom stereocenters. The number of benzene rings is 2. The molecule has 0 saturated carbocycles. The zero-order valence-electron chi connectivity index (χ0n) is 13.4. The summed E-state index contributed by atoms with van der Waals surface area (Å²) in [6.07, 6.45) is 0.763. The number of aldehydes is 1. The first-order valence-electron chi connectivity index (χ1n) is 7.78. The second-order valence-corrected chi connectivity index (χ2v) is 5.84. The molecule has 0 aliphatic heterocycles. The molecule has 122 valence electrons. The Morgan fingerprint density at radius 2 is 1.80 bits per heavy atom. The molecular weight excluding hydrogens is 316 g/mol. The average Bonchev–Trinajstić information content (AvgIpc) is 2.94. The van der Waals surface area contributed by atoms with Crippen LogP contribution >= 0.6 is 0 Å². The van der Waals surface area contributed by atoms with Crippen molar-refractivity contribution in [3.8, 4) is 11.3 Å². The normalized spacial score (nSPS) is 11.1. The molecule has 0 radical (unpaired) electrons. The van der Waals surface area contributed by atoms with Gasteiger partial charge in [0.15, 0.2) is 6.29 Å². The molecular formula is C20H14N2O3. The van der Waals surface area contributed by atoms with Crippen molar-refractivity contribution in [1.29, 1.82) is 0 Å². The maximum Gasteiger partial charge on any atom is 0.354 e. The number of hydrogen-bond donors (Lipinski definition) is 1. The summed E-state index contributed by atoms with van der Waals surface area (Å²) in [6, 6.07) is 16.4. The number of carbonyl (C=O) groups excluding carboxylic acids is 1. The van der Waals surface area contributed by atoms with Crippen molar-refractivity contribution in [3.63, 3.8) is 0 Å². The van der Waals surface area contributed by atoms with Gasteiger partial charge < -0.3 is 9.67 Å². The van der Waals surface area contributed by atoms with E-state index in [0.717, 1.165) is 28.1 Å². The Bertz CT molecular complexity index is 1160. The van der Waals surface area contributed by atoms with Crippen LogP contribution in [0.1, 0.15) is 20.8 Å². The molecule has 0 aliphatic carbocycles. The number of rotatable bonds is 3. The average molecular weight is 330 g/mol. The topological polar surface area (TPSA) is 72.2 Å². The zero-order chi connectivity index (χ0) is 17.6. The highest BCUT2D eigenvalue weighted by atomic mass is 16.4. The third kappa shape index (κ3) is 2.21. The summed E-state index contributed by atoms with van der Waals surface area (Å²) in [5.74, 6) is -1.10. The van der Waals surface area contributed by atoms with E-state index >= 15 is 0 Å². The van der Waals surface area contributed by atoms with E-state index in [1.54, 1.807) is 24.3 Å². The van der Waals surface area contributed by atoms with Crippen molar-refractivity contribution >= 4 is 34.1 Å². The molecule has 0 atom stereocenters. The molecule has 4 rings (SSSR count). The molecule has 2 aromatic carbocycles. The Morgan fingerprint density at radius 3 is 2.56 bits per heavy atom. The molecule has 0 aliphatic rings. The molecule has 2 aromatic heterocycles. The number of aromatic carboxylic acids is 1. The zero-order valence-corrected chi connectivity index (χ0v) is 13.4. The van der Waals surface area contributed by atoms with Crippen molar-refractivity contribution < 1.29 is 14.7 Å². The van der Waals surface area contributed by atoms with E-state index in [1.807, 2.05) is 41.9 Å². The monoisotopic (exact) mass is 330 g/mol. The third-order valence-corrected chi connectivity index (χ3v) is 4.45. The number of para-hydroxylation sites is 1. The maximum absolute atomic E-state index is 11.6. The highest BCUT2D eigenvalue weighted by molar-refractivity contribution is 6.14. The van der Waals surface area contributed by atoms with Crippen LogP contribution in [-0.4, -0.2) is 26.9 Å². The van der Waals surface area contributed by atoms with E-state index in [2.05, 4.69) is 4.98 Å². The van der Waals surface area contributed by atoms with Gasteiger partial charge in [0.2, 0.25) is 0 Å². The van der Waals surface area contributed by atoms with Crippen LogP contribution in [0.4, 0.5) is 0 Å². The van der Waals surface area contributed by atoms with Gasteiger partial charge >= 0.3 is 5.97 Å². The second kappa shape index (κ2) is 5.56. The van der Waals surface area contributed by atoms with Gasteiger partial charge in [-0.25, -0.2) is 9.78 Å². The minimum Gasteiger partial charge on any atom is -0.477 e. The largest absolute Gasteiger partial charge is 0.477 e. The van der Waals surface area contributed by atoms with E-state index in [0.29, 0.717) is 16.8 Å². The Labute approximate surface area is 143 Å². The minimum absolute atomic E-state index is 0.0421. The number of fused-ring (bicyclic) bond motifs is 3. The van der Waals surface area contributed by atoms with Crippen LogP contribution < -0.4 is 0 Å². The number of aromatic nitrogens is 2. The van der Waals surface area contributed by atoms with E-state index in [1.165, 1.54) is 0 Å². The number of carboxylic acid groups (broad SMARTS) is 1. The summed E-state index contributed by atoms with van der Waals surface area (Å²) in [5.41, 5.74) is 3.34. The van der Waals surface area contributed by atoms with Gasteiger partial charge in [0.1, 0.15) is 5.69 Å². The Hall–Kier alpha value is -3.47. The Kier molecular flexibility index (Phi) is 3.35. The van der Waals surface area contributed by atoms with E-state index < -0.39 is 5.97 Å². The predicted molar refractivity (Wildman–Crippen MR) is 96.0 cm³/mol. The number of hydrogen-bond acceptors (Lipinski definition) is 3. The quantitative estimate of drug-likeness (QED) is 0.578. The Balaban J connectivity index is 2.23. The molecule has 5 nitrogen and oxygen atoms in total. The van der Waals surface area contributed by atoms with Crippen molar-refractivity contribution in [2.24, 2.45) is 7.05 Å². The SMILES string of the molecule is Cn1c2ccccc2c2cc(C(=O)O)nc(-c3ccccc3C=O)c21. The van der Waals surface area contributed by atoms with Gasteiger partial charge in [-0.05, 0) is 12.1 Å². The lowest BCUT2D eigenvalue weighted by Gasteiger charge is -2.09. The fourth-order valence-electron chi connectivity index (χ4n) is 3.31. The summed E-state index contributed by atoms with van der Waals surface area (Å²) < 4.78 is 1.99. The van der Waals surface area contributed by atoms with Crippen molar-refractivity contribution in [1.82, 2.24) is 9.55 Å².